The lowest BCUT2D eigenvalue weighted by Gasteiger charge is -2.15. The highest BCUT2D eigenvalue weighted by atomic mass is 79.9. The summed E-state index contributed by atoms with van der Waals surface area (Å²) < 4.78 is 30.8. The first-order valence-corrected chi connectivity index (χ1v) is 8.87. The Morgan fingerprint density at radius 3 is 2.60 bits per heavy atom. The summed E-state index contributed by atoms with van der Waals surface area (Å²) in [5.74, 6) is 0.909. The molecular formula is C19H23BrFNO3. The van der Waals surface area contributed by atoms with Crippen molar-refractivity contribution in [1.29, 1.82) is 0 Å². The van der Waals surface area contributed by atoms with Crippen molar-refractivity contribution in [2.75, 3.05) is 27.4 Å². The summed E-state index contributed by atoms with van der Waals surface area (Å²) >= 11 is 3.56. The topological polar surface area (TPSA) is 39.7 Å². The molecule has 0 heterocycles. The lowest BCUT2D eigenvalue weighted by molar-refractivity contribution is 0.194. The molecule has 0 spiro atoms. The Morgan fingerprint density at radius 2 is 1.88 bits per heavy atom. The van der Waals surface area contributed by atoms with Crippen LogP contribution in [-0.4, -0.2) is 27.4 Å². The van der Waals surface area contributed by atoms with Crippen molar-refractivity contribution in [3.8, 4) is 11.5 Å². The van der Waals surface area contributed by atoms with Gasteiger partial charge in [-0.3, -0.25) is 0 Å². The van der Waals surface area contributed by atoms with E-state index in [9.17, 15) is 4.39 Å². The minimum Gasteiger partial charge on any atom is -0.493 e. The molecule has 2 aromatic carbocycles. The van der Waals surface area contributed by atoms with Crippen LogP contribution >= 0.6 is 15.9 Å². The molecule has 6 heteroatoms. The van der Waals surface area contributed by atoms with Crippen molar-refractivity contribution in [3.63, 3.8) is 0 Å². The van der Waals surface area contributed by atoms with Gasteiger partial charge in [-0.1, -0.05) is 34.1 Å². The highest BCUT2D eigenvalue weighted by molar-refractivity contribution is 9.10. The average Bonchev–Trinajstić information content (AvgIpc) is 2.62. The highest BCUT2D eigenvalue weighted by Gasteiger charge is 2.11. The van der Waals surface area contributed by atoms with Crippen LogP contribution in [0.4, 0.5) is 4.39 Å². The molecule has 0 aliphatic carbocycles. The Morgan fingerprint density at radius 1 is 1.08 bits per heavy atom. The van der Waals surface area contributed by atoms with Gasteiger partial charge in [0, 0.05) is 30.3 Å². The molecule has 0 unspecified atom stereocenters. The Labute approximate surface area is 156 Å². The van der Waals surface area contributed by atoms with Gasteiger partial charge in [0.25, 0.3) is 0 Å². The molecule has 0 atom stereocenters. The van der Waals surface area contributed by atoms with Gasteiger partial charge < -0.3 is 19.5 Å². The van der Waals surface area contributed by atoms with E-state index < -0.39 is 0 Å². The van der Waals surface area contributed by atoms with E-state index in [1.54, 1.807) is 32.4 Å². The number of methoxy groups -OCH3 is 2. The molecular weight excluding hydrogens is 389 g/mol. The van der Waals surface area contributed by atoms with E-state index in [1.807, 2.05) is 12.1 Å². The summed E-state index contributed by atoms with van der Waals surface area (Å²) in [6, 6.07) is 10.3. The van der Waals surface area contributed by atoms with Crippen LogP contribution in [0.15, 0.2) is 40.9 Å². The van der Waals surface area contributed by atoms with Crippen LogP contribution in [-0.2, 0) is 17.9 Å². The molecule has 4 nitrogen and oxygen atoms in total. The molecule has 136 valence electrons. The quantitative estimate of drug-likeness (QED) is 0.591. The minimum absolute atomic E-state index is 0.143. The van der Waals surface area contributed by atoms with E-state index in [4.69, 9.17) is 14.2 Å². The van der Waals surface area contributed by atoms with Gasteiger partial charge in [-0.25, -0.2) is 4.39 Å². The number of hydrogen-bond acceptors (Lipinski definition) is 4. The summed E-state index contributed by atoms with van der Waals surface area (Å²) in [5.41, 5.74) is 1.57. The molecule has 0 aliphatic rings. The fourth-order valence-electron chi connectivity index (χ4n) is 2.32. The molecule has 0 saturated carbocycles. The SMILES string of the molecule is COCCCNCc1cc(OC)c(OCc2ccccc2F)cc1Br. The monoisotopic (exact) mass is 411 g/mol. The van der Waals surface area contributed by atoms with E-state index in [2.05, 4.69) is 21.2 Å². The third-order valence-corrected chi connectivity index (χ3v) is 4.43. The van der Waals surface area contributed by atoms with Gasteiger partial charge >= 0.3 is 0 Å². The first kappa shape index (κ1) is 19.7. The first-order valence-electron chi connectivity index (χ1n) is 8.08. The number of halogens is 2. The maximum atomic E-state index is 13.7. The zero-order chi connectivity index (χ0) is 18.1. The van der Waals surface area contributed by atoms with Crippen LogP contribution in [0.5, 0.6) is 11.5 Å². The molecule has 0 saturated heterocycles. The van der Waals surface area contributed by atoms with Gasteiger partial charge in [0.05, 0.1) is 7.11 Å². The molecule has 0 amide bonds. The number of ether oxygens (including phenoxy) is 3. The fraction of sp³-hybridized carbons (Fsp3) is 0.368. The predicted molar refractivity (Wildman–Crippen MR) is 99.6 cm³/mol. The van der Waals surface area contributed by atoms with Crippen LogP contribution in [0.25, 0.3) is 0 Å². The largest absolute Gasteiger partial charge is 0.493 e. The van der Waals surface area contributed by atoms with Gasteiger partial charge in [-0.2, -0.15) is 0 Å². The van der Waals surface area contributed by atoms with Crippen LogP contribution in [0.3, 0.4) is 0 Å². The smallest absolute Gasteiger partial charge is 0.162 e. The lowest BCUT2D eigenvalue weighted by atomic mass is 10.2. The van der Waals surface area contributed by atoms with E-state index in [0.717, 1.165) is 29.6 Å². The highest BCUT2D eigenvalue weighted by Crippen LogP contribution is 2.34. The van der Waals surface area contributed by atoms with Gasteiger partial charge in [-0.15, -0.1) is 0 Å². The fourth-order valence-corrected chi connectivity index (χ4v) is 2.78. The normalized spacial score (nSPS) is 10.7. The minimum atomic E-state index is -0.280. The van der Waals surface area contributed by atoms with Crippen LogP contribution in [0.1, 0.15) is 17.5 Å². The molecule has 2 aromatic rings. The first-order chi connectivity index (χ1) is 12.2. The van der Waals surface area contributed by atoms with E-state index in [0.29, 0.717) is 23.6 Å². The summed E-state index contributed by atoms with van der Waals surface area (Å²) in [4.78, 5) is 0. The Bertz CT molecular complexity index is 682. The van der Waals surface area contributed by atoms with E-state index in [1.165, 1.54) is 6.07 Å². The maximum Gasteiger partial charge on any atom is 0.162 e. The zero-order valence-electron chi connectivity index (χ0n) is 14.5. The van der Waals surface area contributed by atoms with Gasteiger partial charge in [0.1, 0.15) is 12.4 Å². The summed E-state index contributed by atoms with van der Waals surface area (Å²) in [7, 11) is 3.29. The third kappa shape index (κ3) is 5.99. The summed E-state index contributed by atoms with van der Waals surface area (Å²) in [6.07, 6.45) is 0.953. The molecule has 0 aromatic heterocycles. The van der Waals surface area contributed by atoms with Crippen molar-refractivity contribution in [2.45, 2.75) is 19.6 Å². The van der Waals surface area contributed by atoms with Crippen molar-refractivity contribution in [2.24, 2.45) is 0 Å². The van der Waals surface area contributed by atoms with Crippen molar-refractivity contribution >= 4 is 15.9 Å². The second-order valence-electron chi connectivity index (χ2n) is 5.50. The molecule has 0 radical (unpaired) electrons. The number of nitrogens with one attached hydrogen (secondary N) is 1. The predicted octanol–water partition coefficient (Wildman–Crippen LogP) is 4.30. The zero-order valence-corrected chi connectivity index (χ0v) is 16.1. The summed E-state index contributed by atoms with van der Waals surface area (Å²) in [6.45, 7) is 2.45. The van der Waals surface area contributed by atoms with Gasteiger partial charge in [0.15, 0.2) is 11.5 Å². The molecule has 0 fully saturated rings. The summed E-state index contributed by atoms with van der Waals surface area (Å²) in [5, 5.41) is 3.36. The van der Waals surface area contributed by atoms with Crippen LogP contribution in [0, 0.1) is 5.82 Å². The number of rotatable bonds is 10. The van der Waals surface area contributed by atoms with Gasteiger partial charge in [0.2, 0.25) is 0 Å². The number of hydrogen-bond donors (Lipinski definition) is 1. The molecule has 1 N–H and O–H groups in total. The Hall–Kier alpha value is -1.63. The molecule has 25 heavy (non-hydrogen) atoms. The van der Waals surface area contributed by atoms with Crippen LogP contribution < -0.4 is 14.8 Å². The Balaban J connectivity index is 2.01. The maximum absolute atomic E-state index is 13.7. The molecule has 0 aliphatic heterocycles. The van der Waals surface area contributed by atoms with Crippen molar-refractivity contribution < 1.29 is 18.6 Å². The van der Waals surface area contributed by atoms with E-state index >= 15 is 0 Å². The second kappa shape index (κ2) is 10.4. The lowest BCUT2D eigenvalue weighted by Crippen LogP contribution is -2.16. The second-order valence-corrected chi connectivity index (χ2v) is 6.35. The van der Waals surface area contributed by atoms with Gasteiger partial charge in [-0.05, 0) is 36.7 Å². The molecule has 0 bridgehead atoms. The van der Waals surface area contributed by atoms with Crippen LogP contribution in [0.2, 0.25) is 0 Å². The Kier molecular flexibility index (Phi) is 8.18. The van der Waals surface area contributed by atoms with Crippen molar-refractivity contribution in [3.05, 3.63) is 57.8 Å². The molecule has 2 rings (SSSR count). The number of benzene rings is 2. The van der Waals surface area contributed by atoms with Crippen molar-refractivity contribution in [1.82, 2.24) is 5.32 Å². The average molecular weight is 412 g/mol. The standard InChI is InChI=1S/C19H23BrFNO3/c1-23-9-5-8-22-12-15-10-18(24-2)19(11-16(15)20)25-13-14-6-3-4-7-17(14)21/h3-4,6-7,10-11,22H,5,8-9,12-13H2,1-2H3. The van der Waals surface area contributed by atoms with E-state index in [-0.39, 0.29) is 12.4 Å². The third-order valence-electron chi connectivity index (χ3n) is 3.69.